The first-order chi connectivity index (χ1) is 13.8. The van der Waals surface area contributed by atoms with Crippen LogP contribution in [0.2, 0.25) is 0 Å². The molecule has 2 aliphatic heterocycles. The average molecular weight is 398 g/mol. The molecular formula is C20H12F2N2O5. The molecule has 0 saturated carbocycles. The van der Waals surface area contributed by atoms with Crippen LogP contribution in [0.5, 0.6) is 23.0 Å². The number of nitrogens with two attached hydrogens (primary N) is 2. The van der Waals surface area contributed by atoms with Gasteiger partial charge in [0.25, 0.3) is 0 Å². The number of benzene rings is 3. The first-order valence-electron chi connectivity index (χ1n) is 8.41. The Morgan fingerprint density at radius 1 is 0.897 bits per heavy atom. The molecule has 1 spiro atoms. The average Bonchev–Trinajstić information content (AvgIpc) is 3.01. The summed E-state index contributed by atoms with van der Waals surface area (Å²) < 4.78 is 40.9. The van der Waals surface area contributed by atoms with Crippen LogP contribution in [0.15, 0.2) is 36.4 Å². The number of carbonyl (C=O) groups excluding carboxylic acids is 1. The summed E-state index contributed by atoms with van der Waals surface area (Å²) in [6.07, 6.45) is 0. The van der Waals surface area contributed by atoms with Gasteiger partial charge in [-0.25, -0.2) is 9.18 Å². The van der Waals surface area contributed by atoms with Crippen LogP contribution in [0.3, 0.4) is 0 Å². The van der Waals surface area contributed by atoms with Crippen LogP contribution in [0, 0.1) is 11.6 Å². The molecule has 146 valence electrons. The SMILES string of the molecule is Nc1c(O)ccc2c1Oc1c(N)c(O)c(F)c(F)c1C21OC(=O)c2ccccc21. The number of rotatable bonds is 0. The second-order valence-electron chi connectivity index (χ2n) is 6.69. The van der Waals surface area contributed by atoms with Gasteiger partial charge >= 0.3 is 5.97 Å². The number of aromatic hydroxyl groups is 2. The zero-order valence-electron chi connectivity index (χ0n) is 14.5. The molecule has 0 fully saturated rings. The van der Waals surface area contributed by atoms with Crippen molar-refractivity contribution in [2.75, 3.05) is 11.5 Å². The molecule has 0 amide bonds. The number of ether oxygens (including phenoxy) is 2. The van der Waals surface area contributed by atoms with E-state index >= 15 is 4.39 Å². The Balaban J connectivity index is 2.01. The van der Waals surface area contributed by atoms with Crippen molar-refractivity contribution >= 4 is 17.3 Å². The molecule has 3 aromatic rings. The summed E-state index contributed by atoms with van der Waals surface area (Å²) in [6.45, 7) is 0. The molecule has 1 atom stereocenters. The van der Waals surface area contributed by atoms with Crippen LogP contribution in [-0.2, 0) is 10.3 Å². The summed E-state index contributed by atoms with van der Waals surface area (Å²) >= 11 is 0. The van der Waals surface area contributed by atoms with Gasteiger partial charge in [-0.05, 0) is 18.2 Å². The lowest BCUT2D eigenvalue weighted by Gasteiger charge is -2.37. The van der Waals surface area contributed by atoms with Crippen molar-refractivity contribution in [1.29, 1.82) is 0 Å². The Morgan fingerprint density at radius 2 is 1.62 bits per heavy atom. The van der Waals surface area contributed by atoms with E-state index in [1.54, 1.807) is 12.1 Å². The van der Waals surface area contributed by atoms with E-state index in [0.717, 1.165) is 0 Å². The van der Waals surface area contributed by atoms with Crippen molar-refractivity contribution in [3.05, 3.63) is 70.3 Å². The van der Waals surface area contributed by atoms with Gasteiger partial charge in [0, 0.05) is 5.56 Å². The number of hydrogen-bond acceptors (Lipinski definition) is 7. The van der Waals surface area contributed by atoms with Crippen molar-refractivity contribution in [2.45, 2.75) is 5.60 Å². The quantitative estimate of drug-likeness (QED) is 0.260. The normalized spacial score (nSPS) is 18.6. The summed E-state index contributed by atoms with van der Waals surface area (Å²) in [7, 11) is 0. The monoisotopic (exact) mass is 398 g/mol. The third kappa shape index (κ3) is 1.86. The Kier molecular flexibility index (Phi) is 3.12. The fourth-order valence-corrected chi connectivity index (χ4v) is 3.91. The summed E-state index contributed by atoms with van der Waals surface area (Å²) in [5.41, 5.74) is 8.82. The number of phenolic OH excluding ortho intramolecular Hbond substituents is 2. The molecule has 2 aliphatic rings. The van der Waals surface area contributed by atoms with E-state index in [1.807, 2.05) is 0 Å². The number of carbonyl (C=O) groups is 1. The maximum Gasteiger partial charge on any atom is 0.340 e. The zero-order chi connectivity index (χ0) is 20.7. The standard InChI is InChI=1S/C20H12F2N2O5/c21-12-11-18(15(24)16(26)13(12)22)28-17-9(5-6-10(25)14(17)23)20(11)8-4-2-1-3-7(8)19(27)29-20/h1-6,25-26H,23-24H2. The fourth-order valence-electron chi connectivity index (χ4n) is 3.91. The first kappa shape index (κ1) is 17.1. The lowest BCUT2D eigenvalue weighted by Crippen LogP contribution is -2.35. The van der Waals surface area contributed by atoms with Gasteiger partial charge in [0.2, 0.25) is 5.82 Å². The Hall–Kier alpha value is -4.01. The second kappa shape index (κ2) is 5.28. The van der Waals surface area contributed by atoms with E-state index in [2.05, 4.69) is 0 Å². The summed E-state index contributed by atoms with van der Waals surface area (Å²) in [5, 5.41) is 19.9. The predicted octanol–water partition coefficient (Wildman–Crippen LogP) is 3.11. The van der Waals surface area contributed by atoms with E-state index in [9.17, 15) is 19.4 Å². The van der Waals surface area contributed by atoms with E-state index in [1.165, 1.54) is 24.3 Å². The van der Waals surface area contributed by atoms with E-state index in [-0.39, 0.29) is 33.9 Å². The lowest BCUT2D eigenvalue weighted by molar-refractivity contribution is 0.0211. The number of hydrogen-bond donors (Lipinski definition) is 4. The van der Waals surface area contributed by atoms with Crippen molar-refractivity contribution in [1.82, 2.24) is 0 Å². The molecule has 1 unspecified atom stereocenters. The van der Waals surface area contributed by atoms with Gasteiger partial charge in [-0.1, -0.05) is 18.2 Å². The highest BCUT2D eigenvalue weighted by molar-refractivity contribution is 5.97. The molecule has 2 heterocycles. The van der Waals surface area contributed by atoms with Crippen LogP contribution in [0.4, 0.5) is 20.2 Å². The highest BCUT2D eigenvalue weighted by Crippen LogP contribution is 2.61. The first-order valence-corrected chi connectivity index (χ1v) is 8.41. The maximum atomic E-state index is 15.2. The van der Waals surface area contributed by atoms with Gasteiger partial charge in [-0.2, -0.15) is 4.39 Å². The molecule has 0 aliphatic carbocycles. The molecular weight excluding hydrogens is 386 g/mol. The third-order valence-corrected chi connectivity index (χ3v) is 5.23. The van der Waals surface area contributed by atoms with Crippen molar-refractivity contribution in [2.24, 2.45) is 0 Å². The van der Waals surface area contributed by atoms with Crippen LogP contribution >= 0.6 is 0 Å². The molecule has 29 heavy (non-hydrogen) atoms. The Morgan fingerprint density at radius 3 is 2.38 bits per heavy atom. The molecule has 7 nitrogen and oxygen atoms in total. The van der Waals surface area contributed by atoms with Gasteiger partial charge < -0.3 is 31.2 Å². The number of phenols is 2. The number of fused-ring (bicyclic) bond motifs is 6. The van der Waals surface area contributed by atoms with Crippen LogP contribution in [-0.4, -0.2) is 16.2 Å². The molecule has 0 saturated heterocycles. The van der Waals surface area contributed by atoms with E-state index < -0.39 is 46.0 Å². The Labute approximate surface area is 161 Å². The molecule has 0 aromatic heterocycles. The fraction of sp³-hybridized carbons (Fsp3) is 0.0500. The minimum Gasteiger partial charge on any atom is -0.506 e. The largest absolute Gasteiger partial charge is 0.506 e. The van der Waals surface area contributed by atoms with Crippen LogP contribution < -0.4 is 16.2 Å². The van der Waals surface area contributed by atoms with Gasteiger partial charge in [-0.3, -0.25) is 0 Å². The summed E-state index contributed by atoms with van der Waals surface area (Å²) in [5.74, 6) is -6.00. The molecule has 5 rings (SSSR count). The smallest absolute Gasteiger partial charge is 0.340 e. The van der Waals surface area contributed by atoms with Gasteiger partial charge in [0.05, 0.1) is 16.7 Å². The molecule has 3 aromatic carbocycles. The predicted molar refractivity (Wildman–Crippen MR) is 96.8 cm³/mol. The van der Waals surface area contributed by atoms with Crippen LogP contribution in [0.25, 0.3) is 0 Å². The summed E-state index contributed by atoms with van der Waals surface area (Å²) in [4.78, 5) is 12.6. The van der Waals surface area contributed by atoms with Gasteiger partial charge in [0.15, 0.2) is 28.7 Å². The molecule has 9 heteroatoms. The van der Waals surface area contributed by atoms with Crippen molar-refractivity contribution in [3.63, 3.8) is 0 Å². The molecule has 0 bridgehead atoms. The van der Waals surface area contributed by atoms with Crippen molar-refractivity contribution < 1.29 is 33.3 Å². The number of esters is 1. The van der Waals surface area contributed by atoms with E-state index in [4.69, 9.17) is 20.9 Å². The van der Waals surface area contributed by atoms with Gasteiger partial charge in [-0.15, -0.1) is 0 Å². The topological polar surface area (TPSA) is 128 Å². The Bertz CT molecular complexity index is 1260. The summed E-state index contributed by atoms with van der Waals surface area (Å²) in [6, 6.07) is 8.73. The minimum absolute atomic E-state index is 0.0713. The maximum absolute atomic E-state index is 15.2. The highest BCUT2D eigenvalue weighted by atomic mass is 19.2. The number of nitrogen functional groups attached to an aromatic ring is 2. The zero-order valence-corrected chi connectivity index (χ0v) is 14.5. The van der Waals surface area contributed by atoms with Gasteiger partial charge in [0.1, 0.15) is 17.1 Å². The number of halogens is 2. The van der Waals surface area contributed by atoms with Crippen molar-refractivity contribution in [3.8, 4) is 23.0 Å². The molecule has 6 N–H and O–H groups in total. The molecule has 0 radical (unpaired) electrons. The second-order valence-corrected chi connectivity index (χ2v) is 6.69. The van der Waals surface area contributed by atoms with Crippen LogP contribution in [0.1, 0.15) is 27.0 Å². The van der Waals surface area contributed by atoms with E-state index in [0.29, 0.717) is 0 Å². The number of anilines is 2. The minimum atomic E-state index is -1.98. The highest BCUT2D eigenvalue weighted by Gasteiger charge is 2.57. The lowest BCUT2D eigenvalue weighted by atomic mass is 9.76. The third-order valence-electron chi connectivity index (χ3n) is 5.23.